The molecule has 0 bridgehead atoms. The third-order valence-electron chi connectivity index (χ3n) is 4.69. The molecule has 2 heterocycles. The SMILES string of the molecule is CCCCNC(=O)n1c(O)c(C2=Nc3ccccc3C2=O)c2ccccc21. The van der Waals surface area contributed by atoms with E-state index in [2.05, 4.69) is 10.3 Å². The number of fused-ring (bicyclic) bond motifs is 2. The molecular formula is C21H19N3O3. The van der Waals surface area contributed by atoms with Crippen molar-refractivity contribution in [3.05, 3.63) is 59.7 Å². The van der Waals surface area contributed by atoms with Gasteiger partial charge >= 0.3 is 6.03 Å². The Kier molecular flexibility index (Phi) is 4.24. The Morgan fingerprint density at radius 2 is 1.89 bits per heavy atom. The van der Waals surface area contributed by atoms with Crippen molar-refractivity contribution in [1.82, 2.24) is 9.88 Å². The van der Waals surface area contributed by atoms with Gasteiger partial charge in [-0.15, -0.1) is 0 Å². The highest BCUT2D eigenvalue weighted by molar-refractivity contribution is 6.56. The van der Waals surface area contributed by atoms with Crippen LogP contribution in [-0.2, 0) is 0 Å². The highest BCUT2D eigenvalue weighted by Gasteiger charge is 2.32. The third kappa shape index (κ3) is 2.70. The number of rotatable bonds is 4. The molecule has 1 aliphatic heterocycles. The second-order valence-corrected chi connectivity index (χ2v) is 6.44. The molecule has 1 amide bonds. The van der Waals surface area contributed by atoms with Crippen molar-refractivity contribution in [2.24, 2.45) is 4.99 Å². The van der Waals surface area contributed by atoms with E-state index in [-0.39, 0.29) is 22.9 Å². The molecule has 0 spiro atoms. The van der Waals surface area contributed by atoms with E-state index in [1.807, 2.05) is 13.0 Å². The first kappa shape index (κ1) is 17.0. The van der Waals surface area contributed by atoms with Gasteiger partial charge in [-0.05, 0) is 24.6 Å². The molecule has 0 atom stereocenters. The van der Waals surface area contributed by atoms with Crippen LogP contribution in [0.3, 0.4) is 0 Å². The van der Waals surface area contributed by atoms with Crippen LogP contribution in [0.1, 0.15) is 35.7 Å². The lowest BCUT2D eigenvalue weighted by Gasteiger charge is -2.07. The number of nitrogens with zero attached hydrogens (tertiary/aromatic N) is 2. The minimum absolute atomic E-state index is 0.157. The van der Waals surface area contributed by atoms with Crippen LogP contribution in [0.5, 0.6) is 5.88 Å². The van der Waals surface area contributed by atoms with Crippen molar-refractivity contribution in [2.45, 2.75) is 19.8 Å². The predicted molar refractivity (Wildman–Crippen MR) is 104 cm³/mol. The molecule has 0 unspecified atom stereocenters. The molecule has 6 nitrogen and oxygen atoms in total. The number of hydrogen-bond acceptors (Lipinski definition) is 4. The number of aliphatic imine (C=N–C) groups is 1. The molecule has 27 heavy (non-hydrogen) atoms. The number of hydrogen-bond donors (Lipinski definition) is 2. The van der Waals surface area contributed by atoms with E-state index in [4.69, 9.17) is 0 Å². The average Bonchev–Trinajstić information content (AvgIpc) is 3.15. The highest BCUT2D eigenvalue weighted by Crippen LogP contribution is 2.37. The smallest absolute Gasteiger partial charge is 0.328 e. The summed E-state index contributed by atoms with van der Waals surface area (Å²) < 4.78 is 1.21. The zero-order valence-electron chi connectivity index (χ0n) is 14.9. The Morgan fingerprint density at radius 1 is 1.15 bits per heavy atom. The van der Waals surface area contributed by atoms with E-state index in [9.17, 15) is 14.7 Å². The van der Waals surface area contributed by atoms with E-state index in [1.54, 1.807) is 42.5 Å². The molecule has 0 saturated heterocycles. The summed E-state index contributed by atoms with van der Waals surface area (Å²) in [6.45, 7) is 2.55. The molecule has 3 aromatic rings. The molecule has 1 aromatic heterocycles. The lowest BCUT2D eigenvalue weighted by Crippen LogP contribution is -2.29. The van der Waals surface area contributed by atoms with Gasteiger partial charge in [-0.1, -0.05) is 43.7 Å². The van der Waals surface area contributed by atoms with Crippen molar-refractivity contribution < 1.29 is 14.7 Å². The van der Waals surface area contributed by atoms with Crippen LogP contribution in [0.15, 0.2) is 53.5 Å². The molecule has 2 N–H and O–H groups in total. The normalized spacial score (nSPS) is 12.9. The Bertz CT molecular complexity index is 1100. The van der Waals surface area contributed by atoms with Gasteiger partial charge in [0, 0.05) is 17.5 Å². The standard InChI is InChI=1S/C21H19N3O3/c1-2-3-12-22-21(27)24-16-11-7-5-9-14(16)17(20(24)26)18-19(25)13-8-4-6-10-15(13)23-18/h4-11,26H,2-3,12H2,1H3,(H,22,27). The van der Waals surface area contributed by atoms with Crippen molar-refractivity contribution >= 4 is 34.1 Å². The van der Waals surface area contributed by atoms with Gasteiger partial charge in [0.2, 0.25) is 11.7 Å². The average molecular weight is 361 g/mol. The number of para-hydroxylation sites is 2. The number of nitrogens with one attached hydrogen (secondary N) is 1. The van der Waals surface area contributed by atoms with Crippen LogP contribution in [0.2, 0.25) is 0 Å². The summed E-state index contributed by atoms with van der Waals surface area (Å²) in [5, 5.41) is 14.3. The number of unbranched alkanes of at least 4 members (excludes halogenated alkanes) is 1. The van der Waals surface area contributed by atoms with E-state index in [0.29, 0.717) is 28.7 Å². The number of ketones is 1. The van der Waals surface area contributed by atoms with Crippen LogP contribution in [0, 0.1) is 0 Å². The maximum atomic E-state index is 12.8. The maximum absolute atomic E-state index is 12.8. The first-order valence-corrected chi connectivity index (χ1v) is 8.97. The van der Waals surface area contributed by atoms with Crippen molar-refractivity contribution in [1.29, 1.82) is 0 Å². The second kappa shape index (κ2) is 6.72. The summed E-state index contributed by atoms with van der Waals surface area (Å²) >= 11 is 0. The van der Waals surface area contributed by atoms with Gasteiger partial charge in [0.15, 0.2) is 0 Å². The highest BCUT2D eigenvalue weighted by atomic mass is 16.3. The fraction of sp³-hybridized carbons (Fsp3) is 0.190. The molecule has 4 rings (SSSR count). The fourth-order valence-electron chi connectivity index (χ4n) is 3.35. The molecule has 2 aromatic carbocycles. The van der Waals surface area contributed by atoms with Crippen LogP contribution in [0.4, 0.5) is 10.5 Å². The monoisotopic (exact) mass is 361 g/mol. The largest absolute Gasteiger partial charge is 0.494 e. The Morgan fingerprint density at radius 3 is 2.67 bits per heavy atom. The Hall–Kier alpha value is -3.41. The number of carbonyl (C=O) groups excluding carboxylic acids is 2. The van der Waals surface area contributed by atoms with Crippen LogP contribution < -0.4 is 5.32 Å². The summed E-state index contributed by atoms with van der Waals surface area (Å²) in [5.74, 6) is -0.528. The summed E-state index contributed by atoms with van der Waals surface area (Å²) in [6, 6.07) is 13.7. The summed E-state index contributed by atoms with van der Waals surface area (Å²) in [5.41, 5.74) is 2.05. The second-order valence-electron chi connectivity index (χ2n) is 6.44. The van der Waals surface area contributed by atoms with Gasteiger partial charge < -0.3 is 10.4 Å². The molecule has 0 aliphatic carbocycles. The van der Waals surface area contributed by atoms with Gasteiger partial charge in [-0.3, -0.25) is 4.79 Å². The maximum Gasteiger partial charge on any atom is 0.328 e. The fourth-order valence-corrected chi connectivity index (χ4v) is 3.35. The number of aromatic nitrogens is 1. The van der Waals surface area contributed by atoms with Crippen LogP contribution in [0.25, 0.3) is 10.9 Å². The topological polar surface area (TPSA) is 83.7 Å². The third-order valence-corrected chi connectivity index (χ3v) is 4.69. The molecule has 0 radical (unpaired) electrons. The van der Waals surface area contributed by atoms with Gasteiger partial charge in [0.05, 0.1) is 16.8 Å². The quantitative estimate of drug-likeness (QED) is 0.688. The van der Waals surface area contributed by atoms with Gasteiger partial charge in [0.25, 0.3) is 0 Å². The molecule has 0 saturated carbocycles. The number of carbonyl (C=O) groups is 2. The van der Waals surface area contributed by atoms with Gasteiger partial charge in [-0.2, -0.15) is 0 Å². The van der Waals surface area contributed by atoms with Crippen molar-refractivity contribution in [3.63, 3.8) is 0 Å². The summed E-state index contributed by atoms with van der Waals surface area (Å²) in [7, 11) is 0. The molecule has 6 heteroatoms. The number of Topliss-reactive ketones (excluding diaryl/α,β-unsaturated/α-hetero) is 1. The molecular weight excluding hydrogens is 342 g/mol. The van der Waals surface area contributed by atoms with Crippen LogP contribution >= 0.6 is 0 Å². The van der Waals surface area contributed by atoms with E-state index in [1.165, 1.54) is 4.57 Å². The lowest BCUT2D eigenvalue weighted by atomic mass is 10.0. The predicted octanol–water partition coefficient (Wildman–Crippen LogP) is 4.02. The minimum Gasteiger partial charge on any atom is -0.494 e. The van der Waals surface area contributed by atoms with Crippen molar-refractivity contribution in [3.8, 4) is 5.88 Å². The molecule has 1 aliphatic rings. The molecule has 0 fully saturated rings. The first-order valence-electron chi connectivity index (χ1n) is 8.97. The number of amides is 1. The van der Waals surface area contributed by atoms with E-state index >= 15 is 0 Å². The lowest BCUT2D eigenvalue weighted by molar-refractivity contribution is 0.107. The van der Waals surface area contributed by atoms with Crippen LogP contribution in [-0.4, -0.2) is 33.7 Å². The number of aromatic hydroxyl groups is 1. The summed E-state index contributed by atoms with van der Waals surface area (Å²) in [4.78, 5) is 29.9. The van der Waals surface area contributed by atoms with Gasteiger partial charge in [-0.25, -0.2) is 14.4 Å². The van der Waals surface area contributed by atoms with E-state index < -0.39 is 6.03 Å². The Labute approximate surface area is 156 Å². The Balaban J connectivity index is 1.85. The zero-order chi connectivity index (χ0) is 19.0. The minimum atomic E-state index is -0.424. The van der Waals surface area contributed by atoms with E-state index in [0.717, 1.165) is 12.8 Å². The number of benzene rings is 2. The van der Waals surface area contributed by atoms with Gasteiger partial charge in [0.1, 0.15) is 5.71 Å². The molecule has 136 valence electrons. The zero-order valence-corrected chi connectivity index (χ0v) is 14.9. The van der Waals surface area contributed by atoms with Crippen molar-refractivity contribution in [2.75, 3.05) is 6.54 Å². The first-order chi connectivity index (χ1) is 13.1. The summed E-state index contributed by atoms with van der Waals surface area (Å²) in [6.07, 6.45) is 1.80.